The zero-order valence-corrected chi connectivity index (χ0v) is 25.8. The van der Waals surface area contributed by atoms with Crippen molar-refractivity contribution in [3.63, 3.8) is 0 Å². The van der Waals surface area contributed by atoms with Gasteiger partial charge in [0.05, 0.1) is 17.7 Å². The smallest absolute Gasteiger partial charge is 0.264 e. The van der Waals surface area contributed by atoms with Crippen LogP contribution in [0.3, 0.4) is 0 Å². The highest BCUT2D eigenvalue weighted by molar-refractivity contribution is 7.92. The van der Waals surface area contributed by atoms with Crippen LogP contribution in [0.25, 0.3) is 0 Å². The van der Waals surface area contributed by atoms with Gasteiger partial charge in [0.1, 0.15) is 24.2 Å². The Morgan fingerprint density at radius 1 is 0.977 bits per heavy atom. The van der Waals surface area contributed by atoms with Gasteiger partial charge < -0.3 is 15.0 Å². The minimum Gasteiger partial charge on any atom is -0.497 e. The van der Waals surface area contributed by atoms with Gasteiger partial charge in [0.2, 0.25) is 11.8 Å². The summed E-state index contributed by atoms with van der Waals surface area (Å²) in [5, 5.41) is 3.12. The van der Waals surface area contributed by atoms with Crippen LogP contribution in [-0.4, -0.2) is 50.9 Å². The van der Waals surface area contributed by atoms with E-state index in [-0.39, 0.29) is 29.1 Å². The number of sulfonamides is 1. The van der Waals surface area contributed by atoms with E-state index in [2.05, 4.69) is 5.32 Å². The van der Waals surface area contributed by atoms with Crippen LogP contribution in [0.1, 0.15) is 56.6 Å². The largest absolute Gasteiger partial charge is 0.497 e. The van der Waals surface area contributed by atoms with Gasteiger partial charge in [-0.05, 0) is 68.1 Å². The molecule has 1 N–H and O–H groups in total. The number of aryl methyl sites for hydroxylation is 1. The first-order valence-electron chi connectivity index (χ1n) is 14.7. The number of amides is 2. The van der Waals surface area contributed by atoms with Crippen LogP contribution in [0.15, 0.2) is 77.7 Å². The fraction of sp³-hybridized carbons (Fsp3) is 0.394. The highest BCUT2D eigenvalue weighted by Gasteiger charge is 2.35. The summed E-state index contributed by atoms with van der Waals surface area (Å²) in [4.78, 5) is 29.1. The van der Waals surface area contributed by atoms with Crippen molar-refractivity contribution in [3.8, 4) is 5.75 Å². The Bertz CT molecular complexity index is 1490. The molecule has 230 valence electrons. The SMILES string of the molecule is CCC(C(=O)NC1CCCCC1)N(Cc1ccc(OC)cc1)C(=O)CN(c1ccccc1F)S(=O)(=O)c1ccc(C)cc1. The third-order valence-corrected chi connectivity index (χ3v) is 9.63. The fourth-order valence-electron chi connectivity index (χ4n) is 5.40. The van der Waals surface area contributed by atoms with E-state index in [1.54, 1.807) is 43.5 Å². The molecule has 43 heavy (non-hydrogen) atoms. The number of halogens is 1. The molecule has 3 aromatic rings. The van der Waals surface area contributed by atoms with Crippen molar-refractivity contribution in [2.24, 2.45) is 0 Å². The third kappa shape index (κ3) is 7.93. The quantitative estimate of drug-likeness (QED) is 0.289. The lowest BCUT2D eigenvalue weighted by atomic mass is 9.95. The molecule has 1 fully saturated rings. The lowest BCUT2D eigenvalue weighted by Crippen LogP contribution is -2.54. The number of methoxy groups -OCH3 is 1. The molecule has 0 bridgehead atoms. The van der Waals surface area contributed by atoms with Gasteiger partial charge in [0.15, 0.2) is 0 Å². The van der Waals surface area contributed by atoms with Gasteiger partial charge in [-0.1, -0.05) is 68.1 Å². The van der Waals surface area contributed by atoms with Crippen molar-refractivity contribution in [2.45, 2.75) is 75.9 Å². The lowest BCUT2D eigenvalue weighted by molar-refractivity contribution is -0.140. The summed E-state index contributed by atoms with van der Waals surface area (Å²) < 4.78 is 49.0. The number of para-hydroxylation sites is 1. The molecule has 1 aliphatic carbocycles. The number of anilines is 1. The lowest BCUT2D eigenvalue weighted by Gasteiger charge is -2.34. The standard InChI is InChI=1S/C33H40FN3O5S/c1-4-30(33(39)35-26-10-6-5-7-11-26)36(22-25-16-18-27(42-3)19-17-25)32(38)23-37(31-13-9-8-12-29(31)34)43(40,41)28-20-14-24(2)15-21-28/h8-9,12-21,26,30H,4-7,10-11,22-23H2,1-3H3,(H,35,39). The maximum atomic E-state index is 15.1. The summed E-state index contributed by atoms with van der Waals surface area (Å²) in [6.45, 7) is 3.00. The van der Waals surface area contributed by atoms with Crippen LogP contribution in [0, 0.1) is 12.7 Å². The van der Waals surface area contributed by atoms with Crippen LogP contribution < -0.4 is 14.4 Å². The number of ether oxygens (including phenoxy) is 1. The Morgan fingerprint density at radius 2 is 1.63 bits per heavy atom. The number of rotatable bonds is 12. The third-order valence-electron chi connectivity index (χ3n) is 7.86. The molecule has 4 rings (SSSR count). The normalized spacial score (nSPS) is 14.5. The summed E-state index contributed by atoms with van der Waals surface area (Å²) in [6.07, 6.45) is 5.27. The van der Waals surface area contributed by atoms with E-state index in [0.717, 1.165) is 53.6 Å². The molecule has 1 unspecified atom stereocenters. The molecule has 10 heteroatoms. The predicted octanol–water partition coefficient (Wildman–Crippen LogP) is 5.59. The van der Waals surface area contributed by atoms with Crippen molar-refractivity contribution in [1.82, 2.24) is 10.2 Å². The molecule has 0 aromatic heterocycles. The van der Waals surface area contributed by atoms with E-state index < -0.39 is 34.3 Å². The van der Waals surface area contributed by atoms with Gasteiger partial charge in [-0.25, -0.2) is 12.8 Å². The van der Waals surface area contributed by atoms with E-state index in [1.807, 2.05) is 13.8 Å². The van der Waals surface area contributed by atoms with Crippen molar-refractivity contribution in [3.05, 3.63) is 89.7 Å². The molecule has 3 aromatic carbocycles. The Labute approximate surface area is 253 Å². The van der Waals surface area contributed by atoms with Crippen LogP contribution in [0.5, 0.6) is 5.75 Å². The molecule has 1 saturated carbocycles. The second-order valence-electron chi connectivity index (χ2n) is 10.9. The number of nitrogens with zero attached hydrogens (tertiary/aromatic N) is 2. The Balaban J connectivity index is 1.71. The maximum Gasteiger partial charge on any atom is 0.264 e. The second-order valence-corrected chi connectivity index (χ2v) is 12.8. The van der Waals surface area contributed by atoms with Crippen LogP contribution >= 0.6 is 0 Å². The van der Waals surface area contributed by atoms with Crippen LogP contribution in [-0.2, 0) is 26.2 Å². The highest BCUT2D eigenvalue weighted by Crippen LogP contribution is 2.28. The van der Waals surface area contributed by atoms with Gasteiger partial charge in [-0.3, -0.25) is 13.9 Å². The van der Waals surface area contributed by atoms with E-state index in [1.165, 1.54) is 35.2 Å². The monoisotopic (exact) mass is 609 g/mol. The Morgan fingerprint density at radius 3 is 2.23 bits per heavy atom. The first-order chi connectivity index (χ1) is 20.6. The van der Waals surface area contributed by atoms with Gasteiger partial charge >= 0.3 is 0 Å². The summed E-state index contributed by atoms with van der Waals surface area (Å²) in [6, 6.07) is 17.9. The Hall–Kier alpha value is -3.92. The zero-order chi connectivity index (χ0) is 31.0. The van der Waals surface area contributed by atoms with Gasteiger partial charge in [0, 0.05) is 12.6 Å². The molecule has 0 heterocycles. The molecular weight excluding hydrogens is 569 g/mol. The highest BCUT2D eigenvalue weighted by atomic mass is 32.2. The zero-order valence-electron chi connectivity index (χ0n) is 25.0. The average Bonchev–Trinajstić information content (AvgIpc) is 3.01. The van der Waals surface area contributed by atoms with Crippen molar-refractivity contribution in [1.29, 1.82) is 0 Å². The number of hydrogen-bond acceptors (Lipinski definition) is 5. The first-order valence-corrected chi connectivity index (χ1v) is 16.1. The maximum absolute atomic E-state index is 15.1. The van der Waals surface area contributed by atoms with Crippen LogP contribution in [0.4, 0.5) is 10.1 Å². The second kappa shape index (κ2) is 14.5. The van der Waals surface area contributed by atoms with Gasteiger partial charge in [0.25, 0.3) is 10.0 Å². The minimum atomic E-state index is -4.35. The molecule has 1 atom stereocenters. The molecule has 1 aliphatic rings. The number of hydrogen-bond donors (Lipinski definition) is 1. The number of carbonyl (C=O) groups is 2. The van der Waals surface area contributed by atoms with E-state index >= 15 is 4.39 Å². The van der Waals surface area contributed by atoms with Crippen molar-refractivity contribution >= 4 is 27.5 Å². The summed E-state index contributed by atoms with van der Waals surface area (Å²) in [7, 11) is -2.80. The Kier molecular flexibility index (Phi) is 10.8. The molecule has 0 spiro atoms. The van der Waals surface area contributed by atoms with E-state index in [9.17, 15) is 18.0 Å². The molecule has 0 radical (unpaired) electrons. The molecule has 0 saturated heterocycles. The molecule has 8 nitrogen and oxygen atoms in total. The van der Waals surface area contributed by atoms with Gasteiger partial charge in [-0.15, -0.1) is 0 Å². The minimum absolute atomic E-state index is 0.0325. The molecular formula is C33H40FN3O5S. The van der Waals surface area contributed by atoms with Crippen LogP contribution in [0.2, 0.25) is 0 Å². The summed E-state index contributed by atoms with van der Waals surface area (Å²) in [5.41, 5.74) is 1.34. The van der Waals surface area contributed by atoms with E-state index in [4.69, 9.17) is 4.74 Å². The van der Waals surface area contributed by atoms with Crippen molar-refractivity contribution < 1.29 is 27.1 Å². The van der Waals surface area contributed by atoms with E-state index in [0.29, 0.717) is 12.2 Å². The molecule has 2 amide bonds. The molecule has 0 aliphatic heterocycles. The first kappa shape index (κ1) is 32.0. The fourth-order valence-corrected chi connectivity index (χ4v) is 6.82. The summed E-state index contributed by atoms with van der Waals surface area (Å²) in [5.74, 6) is -1.05. The average molecular weight is 610 g/mol. The topological polar surface area (TPSA) is 96.0 Å². The number of nitrogens with one attached hydrogen (secondary N) is 1. The number of benzene rings is 3. The predicted molar refractivity (Wildman–Crippen MR) is 165 cm³/mol. The van der Waals surface area contributed by atoms with Crippen molar-refractivity contribution in [2.75, 3.05) is 18.0 Å². The van der Waals surface area contributed by atoms with Gasteiger partial charge in [-0.2, -0.15) is 0 Å². The number of carbonyl (C=O) groups excluding carboxylic acids is 2. The summed E-state index contributed by atoms with van der Waals surface area (Å²) >= 11 is 0.